The highest BCUT2D eigenvalue weighted by Crippen LogP contribution is 2.36. The van der Waals surface area contributed by atoms with Crippen molar-refractivity contribution in [1.29, 1.82) is 5.26 Å². The number of nitrogens with zero attached hydrogens (tertiary/aromatic N) is 1. The average molecular weight is 499 g/mol. The van der Waals surface area contributed by atoms with Crippen LogP contribution < -0.4 is 15.2 Å². The van der Waals surface area contributed by atoms with E-state index in [1.54, 1.807) is 12.1 Å². The minimum Gasteiger partial charge on any atom is -0.490 e. The number of ether oxygens (including phenoxy) is 2. The molecule has 0 radical (unpaired) electrons. The third-order valence-electron chi connectivity index (χ3n) is 3.36. The minimum atomic E-state index is 0.0551. The van der Waals surface area contributed by atoms with Gasteiger partial charge in [-0.25, -0.2) is 0 Å². The second-order valence-electron chi connectivity index (χ2n) is 5.18. The van der Waals surface area contributed by atoms with Gasteiger partial charge in [0.2, 0.25) is 0 Å². The molecule has 0 aliphatic carbocycles. The quantitative estimate of drug-likeness (QED) is 0.248. The zero-order valence-corrected chi connectivity index (χ0v) is 17.7. The summed E-state index contributed by atoms with van der Waals surface area (Å²) < 4.78 is 12.5. The molecule has 134 valence electrons. The van der Waals surface area contributed by atoms with E-state index < -0.39 is 0 Å². The van der Waals surface area contributed by atoms with Crippen LogP contribution in [0, 0.1) is 14.9 Å². The first-order chi connectivity index (χ1) is 12.5. The topological polar surface area (TPSA) is 68.3 Å². The maximum absolute atomic E-state index is 9.13. The summed E-state index contributed by atoms with van der Waals surface area (Å²) in [5.74, 6) is 1.20. The summed E-state index contributed by atoms with van der Waals surface area (Å²) in [5.41, 5.74) is 7.44. The zero-order valence-electron chi connectivity index (χ0n) is 14.0. The molecule has 0 aromatic heterocycles. The van der Waals surface area contributed by atoms with Crippen LogP contribution in [0.15, 0.2) is 42.0 Å². The van der Waals surface area contributed by atoms with Gasteiger partial charge in [-0.2, -0.15) is 5.26 Å². The van der Waals surface area contributed by atoms with Gasteiger partial charge in [-0.05, 0) is 59.4 Å². The molecule has 0 atom stereocenters. The highest BCUT2D eigenvalue weighted by molar-refractivity contribution is 14.1. The van der Waals surface area contributed by atoms with Crippen LogP contribution in [-0.4, -0.2) is 11.6 Å². The maximum atomic E-state index is 9.13. The van der Waals surface area contributed by atoms with Crippen LogP contribution in [0.5, 0.6) is 11.5 Å². The number of benzene rings is 2. The Morgan fingerprint density at radius 1 is 1.35 bits per heavy atom. The largest absolute Gasteiger partial charge is 0.490 e. The number of hydrogen-bond acceptors (Lipinski definition) is 4. The number of nitrogens with two attached hydrogens (primary N) is 1. The van der Waals surface area contributed by atoms with Gasteiger partial charge in [0.05, 0.1) is 15.8 Å². The molecular formula is C19H16ClIN2O2S. The fourth-order valence-electron chi connectivity index (χ4n) is 2.16. The number of nitriles is 1. The number of halogens is 2. The lowest BCUT2D eigenvalue weighted by Crippen LogP contribution is -2.09. The van der Waals surface area contributed by atoms with Crippen molar-refractivity contribution in [3.63, 3.8) is 0 Å². The molecule has 2 rings (SSSR count). The van der Waals surface area contributed by atoms with Crippen molar-refractivity contribution < 1.29 is 9.47 Å². The molecule has 0 spiro atoms. The van der Waals surface area contributed by atoms with Gasteiger partial charge < -0.3 is 15.2 Å². The monoisotopic (exact) mass is 498 g/mol. The van der Waals surface area contributed by atoms with Crippen LogP contribution in [0.4, 0.5) is 0 Å². The molecule has 26 heavy (non-hydrogen) atoms. The third-order valence-corrected chi connectivity index (χ3v) is 4.75. The number of hydrogen-bond donors (Lipinski definition) is 1. The van der Waals surface area contributed by atoms with E-state index in [0.29, 0.717) is 29.7 Å². The van der Waals surface area contributed by atoms with E-state index in [-0.39, 0.29) is 10.6 Å². The summed E-state index contributed by atoms with van der Waals surface area (Å²) in [5, 5.41) is 9.78. The first-order valence-corrected chi connectivity index (χ1v) is 9.56. The average Bonchev–Trinajstić information content (AvgIpc) is 2.60. The predicted molar refractivity (Wildman–Crippen MR) is 116 cm³/mol. The molecule has 0 aliphatic rings. The Hall–Kier alpha value is -1.82. The Kier molecular flexibility index (Phi) is 7.69. The second-order valence-corrected chi connectivity index (χ2v) is 7.19. The van der Waals surface area contributed by atoms with Gasteiger partial charge in [-0.1, -0.05) is 42.0 Å². The molecule has 7 heteroatoms. The maximum Gasteiger partial charge on any atom is 0.175 e. The molecule has 4 nitrogen and oxygen atoms in total. The Morgan fingerprint density at radius 3 is 2.69 bits per heavy atom. The van der Waals surface area contributed by atoms with Crippen LogP contribution in [0.2, 0.25) is 5.02 Å². The van der Waals surface area contributed by atoms with Gasteiger partial charge in [0.1, 0.15) is 17.7 Å². The molecule has 2 N–H and O–H groups in total. The van der Waals surface area contributed by atoms with Crippen molar-refractivity contribution in [2.75, 3.05) is 6.61 Å². The Bertz CT molecular complexity index is 894. The molecule has 0 heterocycles. The van der Waals surface area contributed by atoms with Gasteiger partial charge in [-0.15, -0.1) is 0 Å². The summed E-state index contributed by atoms with van der Waals surface area (Å²) in [6, 6.07) is 13.2. The van der Waals surface area contributed by atoms with Crippen LogP contribution in [0.3, 0.4) is 0 Å². The summed E-state index contributed by atoms with van der Waals surface area (Å²) in [7, 11) is 0. The summed E-state index contributed by atoms with van der Waals surface area (Å²) in [6.45, 7) is 2.69. The lowest BCUT2D eigenvalue weighted by atomic mass is 10.1. The number of thiocarbonyl (C=S) groups is 1. The number of rotatable bonds is 7. The summed E-state index contributed by atoms with van der Waals surface area (Å²) >= 11 is 13.2. The fraction of sp³-hybridized carbons (Fsp3) is 0.158. The first-order valence-electron chi connectivity index (χ1n) is 7.70. The van der Waals surface area contributed by atoms with Gasteiger partial charge >= 0.3 is 0 Å². The van der Waals surface area contributed by atoms with Crippen LogP contribution in [-0.2, 0) is 6.61 Å². The standard InChI is InChI=1S/C19H16ClIN2O2S/c1-2-24-17-9-12(7-14(10-22)19(23)26)8-16(21)18(17)25-11-13-5-3-4-6-15(13)20/h3-9H,2,11H2,1H3,(H2,23,26)/b14-7+. The molecule has 0 aliphatic heterocycles. The zero-order chi connectivity index (χ0) is 19.1. The van der Waals surface area contributed by atoms with E-state index in [1.165, 1.54) is 0 Å². The summed E-state index contributed by atoms with van der Waals surface area (Å²) in [6.07, 6.45) is 1.63. The van der Waals surface area contributed by atoms with Crippen molar-refractivity contribution in [3.05, 3.63) is 61.7 Å². The lowest BCUT2D eigenvalue weighted by molar-refractivity contribution is 0.267. The van der Waals surface area contributed by atoms with Gasteiger partial charge in [0.15, 0.2) is 11.5 Å². The lowest BCUT2D eigenvalue weighted by Gasteiger charge is -2.15. The predicted octanol–water partition coefficient (Wildman–Crippen LogP) is 5.12. The van der Waals surface area contributed by atoms with E-state index in [9.17, 15) is 0 Å². The normalized spacial score (nSPS) is 10.9. The Balaban J connectivity index is 2.36. The van der Waals surface area contributed by atoms with Crippen molar-refractivity contribution in [1.82, 2.24) is 0 Å². The molecule has 2 aromatic carbocycles. The van der Waals surface area contributed by atoms with Gasteiger partial charge in [0.25, 0.3) is 0 Å². The Labute approximate surface area is 176 Å². The van der Waals surface area contributed by atoms with E-state index >= 15 is 0 Å². The van der Waals surface area contributed by atoms with E-state index in [0.717, 1.165) is 14.7 Å². The highest BCUT2D eigenvalue weighted by Gasteiger charge is 2.13. The summed E-state index contributed by atoms with van der Waals surface area (Å²) in [4.78, 5) is 0.0551. The van der Waals surface area contributed by atoms with Crippen molar-refractivity contribution in [2.45, 2.75) is 13.5 Å². The SMILES string of the molecule is CCOc1cc(/C=C(\C#N)C(N)=S)cc(I)c1OCc1ccccc1Cl. The van der Waals surface area contributed by atoms with Gasteiger partial charge in [0, 0.05) is 10.6 Å². The second kappa shape index (κ2) is 9.76. The van der Waals surface area contributed by atoms with Crippen LogP contribution in [0.1, 0.15) is 18.1 Å². The van der Waals surface area contributed by atoms with E-state index in [2.05, 4.69) is 22.6 Å². The van der Waals surface area contributed by atoms with Crippen molar-refractivity contribution in [2.24, 2.45) is 5.73 Å². The molecule has 0 bridgehead atoms. The van der Waals surface area contributed by atoms with E-state index in [1.807, 2.05) is 43.3 Å². The first kappa shape index (κ1) is 20.5. The molecule has 0 saturated carbocycles. The smallest absolute Gasteiger partial charge is 0.175 e. The highest BCUT2D eigenvalue weighted by atomic mass is 127. The van der Waals surface area contributed by atoms with Gasteiger partial charge in [-0.3, -0.25) is 0 Å². The molecule has 0 fully saturated rings. The minimum absolute atomic E-state index is 0.0551. The third kappa shape index (κ3) is 5.34. The van der Waals surface area contributed by atoms with Crippen LogP contribution in [0.25, 0.3) is 6.08 Å². The molecular weight excluding hydrogens is 483 g/mol. The van der Waals surface area contributed by atoms with Crippen molar-refractivity contribution in [3.8, 4) is 17.6 Å². The van der Waals surface area contributed by atoms with Crippen LogP contribution >= 0.6 is 46.4 Å². The molecule has 0 unspecified atom stereocenters. The van der Waals surface area contributed by atoms with E-state index in [4.69, 9.17) is 44.3 Å². The Morgan fingerprint density at radius 2 is 2.08 bits per heavy atom. The molecule has 2 aromatic rings. The van der Waals surface area contributed by atoms with Crippen molar-refractivity contribution >= 4 is 57.5 Å². The molecule has 0 saturated heterocycles. The fourth-order valence-corrected chi connectivity index (χ4v) is 3.24. The molecule has 0 amide bonds.